The number of fused-ring (bicyclic) bond motifs is 3. The van der Waals surface area contributed by atoms with E-state index in [0.29, 0.717) is 34.9 Å². The molecule has 0 aliphatic heterocycles. The average Bonchev–Trinajstić information content (AvgIpc) is 3.72. The molecule has 0 aliphatic carbocycles. The van der Waals surface area contributed by atoms with E-state index in [1.54, 1.807) is 0 Å². The van der Waals surface area contributed by atoms with E-state index < -0.39 is 0 Å². The Morgan fingerprint density at radius 1 is 0.262 bits per heavy atom. The molecular weight excluding hydrogens is 813 g/mol. The summed E-state index contributed by atoms with van der Waals surface area (Å²) < 4.78 is 2.52. The maximum Gasteiger partial charge on any atom is 0.164 e. The second-order valence-corrected chi connectivity index (χ2v) is 17.6. The van der Waals surface area contributed by atoms with Crippen LogP contribution < -0.4 is 0 Å². The molecule has 8 aromatic carbocycles. The molecule has 11 rings (SSSR count). The summed E-state index contributed by atoms with van der Waals surface area (Å²) in [7, 11) is 0. The lowest BCUT2D eigenvalue weighted by atomic mass is 9.99. The van der Waals surface area contributed by atoms with E-state index >= 15 is 0 Å². The molecule has 65 heavy (non-hydrogen) atoms. The van der Waals surface area contributed by atoms with Crippen LogP contribution in [0.4, 0.5) is 0 Å². The Morgan fingerprint density at radius 2 is 0.523 bits per heavy atom. The summed E-state index contributed by atoms with van der Waals surface area (Å²) in [6, 6.07) is 63.7. The molecule has 0 bridgehead atoms. The van der Waals surface area contributed by atoms with Crippen molar-refractivity contribution in [3.05, 3.63) is 204 Å². The Balaban J connectivity index is 0.914. The molecule has 0 radical (unpaired) electrons. The fourth-order valence-corrected chi connectivity index (χ4v) is 9.61. The molecule has 11 aromatic rings. The molecule has 0 spiro atoms. The van der Waals surface area contributed by atoms with Crippen LogP contribution in [0.15, 0.2) is 182 Å². The molecular formula is C58H42N6S. The lowest BCUT2D eigenvalue weighted by Crippen LogP contribution is -2.01. The van der Waals surface area contributed by atoms with E-state index in [1.807, 2.05) is 59.9 Å². The number of hydrogen-bond acceptors (Lipinski definition) is 7. The van der Waals surface area contributed by atoms with E-state index in [9.17, 15) is 0 Å². The summed E-state index contributed by atoms with van der Waals surface area (Å²) >= 11 is 1.83. The quantitative estimate of drug-likeness (QED) is 0.151. The van der Waals surface area contributed by atoms with Crippen LogP contribution >= 0.6 is 11.3 Å². The van der Waals surface area contributed by atoms with Gasteiger partial charge in [-0.15, -0.1) is 11.3 Å². The SMILES string of the molecule is Cc1ccccc1-c1nc(-c2ccc(-c3ccc4sc5ccc(-c6ccc(-c7nc(-c8ccccc8C)nc(-c8ccccc8C)n7)cc6)cc5c4c3)cc2)nc(-c2ccccc2C)n1. The van der Waals surface area contributed by atoms with E-state index in [0.717, 1.165) is 77.9 Å². The van der Waals surface area contributed by atoms with E-state index in [2.05, 4.69) is 161 Å². The highest BCUT2D eigenvalue weighted by Crippen LogP contribution is 2.39. The maximum atomic E-state index is 5.02. The van der Waals surface area contributed by atoms with Gasteiger partial charge in [-0.2, -0.15) is 0 Å². The van der Waals surface area contributed by atoms with Crippen molar-refractivity contribution in [2.24, 2.45) is 0 Å². The Morgan fingerprint density at radius 3 is 0.831 bits per heavy atom. The van der Waals surface area contributed by atoms with Crippen molar-refractivity contribution in [1.82, 2.24) is 29.9 Å². The second-order valence-electron chi connectivity index (χ2n) is 16.6. The Kier molecular flexibility index (Phi) is 10.2. The molecule has 0 saturated carbocycles. The first-order valence-corrected chi connectivity index (χ1v) is 22.6. The predicted octanol–water partition coefficient (Wildman–Crippen LogP) is 15.0. The largest absolute Gasteiger partial charge is 0.208 e. The fourth-order valence-electron chi connectivity index (χ4n) is 8.55. The first kappa shape index (κ1) is 39.8. The molecule has 0 aliphatic rings. The Bertz CT molecular complexity index is 3230. The molecule has 3 aromatic heterocycles. The van der Waals surface area contributed by atoms with Crippen molar-refractivity contribution in [2.45, 2.75) is 27.7 Å². The highest BCUT2D eigenvalue weighted by molar-refractivity contribution is 7.25. The van der Waals surface area contributed by atoms with Gasteiger partial charge < -0.3 is 0 Å². The summed E-state index contributed by atoms with van der Waals surface area (Å²) in [6.07, 6.45) is 0. The molecule has 0 N–H and O–H groups in total. The topological polar surface area (TPSA) is 77.3 Å². The standard InChI is InChI=1S/C58H42N6S/c1-35-13-5-9-17-45(35)55-59-53(60-56(63-55)46-18-10-6-14-36(46)2)41-25-21-39(22-26-41)43-29-31-51-49(33-43)50-34-44(30-32-52(50)65-51)40-23-27-42(28-24-40)54-61-57(47-19-11-7-15-37(47)3)64-58(62-54)48-20-12-8-16-38(48)4/h5-34H,1-4H3. The molecule has 0 amide bonds. The van der Waals surface area contributed by atoms with Crippen LogP contribution in [0, 0.1) is 27.7 Å². The number of rotatable bonds is 8. The van der Waals surface area contributed by atoms with Crippen molar-refractivity contribution in [3.8, 4) is 90.6 Å². The third-order valence-electron chi connectivity index (χ3n) is 12.2. The van der Waals surface area contributed by atoms with Crippen LogP contribution in [0.2, 0.25) is 0 Å². The maximum absolute atomic E-state index is 5.02. The Labute approximate surface area is 382 Å². The van der Waals surface area contributed by atoms with Gasteiger partial charge in [0, 0.05) is 53.6 Å². The summed E-state index contributed by atoms with van der Waals surface area (Å²) in [6.45, 7) is 8.37. The highest BCUT2D eigenvalue weighted by Gasteiger charge is 2.17. The lowest BCUT2D eigenvalue weighted by molar-refractivity contribution is 1.07. The van der Waals surface area contributed by atoms with Gasteiger partial charge in [0.05, 0.1) is 0 Å². The van der Waals surface area contributed by atoms with Gasteiger partial charge in [-0.25, -0.2) is 29.9 Å². The number of hydrogen-bond donors (Lipinski definition) is 0. The van der Waals surface area contributed by atoms with Crippen molar-refractivity contribution >= 4 is 31.5 Å². The number of aryl methyl sites for hydroxylation is 4. The molecule has 0 saturated heterocycles. The number of benzene rings is 8. The summed E-state index contributed by atoms with van der Waals surface area (Å²) in [5.41, 5.74) is 14.9. The minimum Gasteiger partial charge on any atom is -0.208 e. The lowest BCUT2D eigenvalue weighted by Gasteiger charge is -2.11. The third kappa shape index (κ3) is 7.66. The molecule has 310 valence electrons. The fraction of sp³-hybridized carbons (Fsp3) is 0.0690. The monoisotopic (exact) mass is 854 g/mol. The van der Waals surface area contributed by atoms with E-state index in [-0.39, 0.29) is 0 Å². The zero-order valence-electron chi connectivity index (χ0n) is 36.4. The zero-order valence-corrected chi connectivity index (χ0v) is 37.2. The Hall–Kier alpha value is -8.00. The van der Waals surface area contributed by atoms with Crippen LogP contribution in [0.3, 0.4) is 0 Å². The van der Waals surface area contributed by atoms with Crippen molar-refractivity contribution < 1.29 is 0 Å². The van der Waals surface area contributed by atoms with Crippen molar-refractivity contribution in [2.75, 3.05) is 0 Å². The molecule has 6 nitrogen and oxygen atoms in total. The predicted molar refractivity (Wildman–Crippen MR) is 269 cm³/mol. The average molecular weight is 855 g/mol. The van der Waals surface area contributed by atoms with Gasteiger partial charge in [-0.1, -0.05) is 158 Å². The van der Waals surface area contributed by atoms with Gasteiger partial charge in [-0.3, -0.25) is 0 Å². The first-order valence-electron chi connectivity index (χ1n) is 21.8. The minimum atomic E-state index is 0.648. The van der Waals surface area contributed by atoms with Crippen LogP contribution in [-0.4, -0.2) is 29.9 Å². The van der Waals surface area contributed by atoms with Crippen molar-refractivity contribution in [3.63, 3.8) is 0 Å². The van der Waals surface area contributed by atoms with Crippen LogP contribution in [0.1, 0.15) is 22.3 Å². The minimum absolute atomic E-state index is 0.648. The van der Waals surface area contributed by atoms with Gasteiger partial charge in [0.25, 0.3) is 0 Å². The molecule has 7 heteroatoms. The number of aromatic nitrogens is 6. The summed E-state index contributed by atoms with van der Waals surface area (Å²) in [4.78, 5) is 30.0. The van der Waals surface area contributed by atoms with Crippen molar-refractivity contribution in [1.29, 1.82) is 0 Å². The van der Waals surface area contributed by atoms with Gasteiger partial charge in [0.15, 0.2) is 34.9 Å². The summed E-state index contributed by atoms with van der Waals surface area (Å²) in [5.74, 6) is 3.98. The summed E-state index contributed by atoms with van der Waals surface area (Å²) in [5, 5.41) is 2.48. The molecule has 0 fully saturated rings. The van der Waals surface area contributed by atoms with Crippen LogP contribution in [0.5, 0.6) is 0 Å². The first-order chi connectivity index (χ1) is 31.8. The third-order valence-corrected chi connectivity index (χ3v) is 13.4. The number of nitrogens with zero attached hydrogens (tertiary/aromatic N) is 6. The van der Waals surface area contributed by atoms with Gasteiger partial charge in [-0.05, 0) is 96.5 Å². The normalized spacial score (nSPS) is 11.4. The second kappa shape index (κ2) is 16.6. The van der Waals surface area contributed by atoms with E-state index in [1.165, 1.54) is 20.2 Å². The van der Waals surface area contributed by atoms with Gasteiger partial charge in [0.1, 0.15) is 0 Å². The molecule has 0 atom stereocenters. The van der Waals surface area contributed by atoms with Gasteiger partial charge >= 0.3 is 0 Å². The van der Waals surface area contributed by atoms with E-state index in [4.69, 9.17) is 29.9 Å². The van der Waals surface area contributed by atoms with Gasteiger partial charge in [0.2, 0.25) is 0 Å². The van der Waals surface area contributed by atoms with Crippen LogP contribution in [-0.2, 0) is 0 Å². The van der Waals surface area contributed by atoms with Crippen LogP contribution in [0.25, 0.3) is 111 Å². The zero-order chi connectivity index (χ0) is 44.0. The number of thiophene rings is 1. The highest BCUT2D eigenvalue weighted by atomic mass is 32.1. The molecule has 0 unspecified atom stereocenters. The smallest absolute Gasteiger partial charge is 0.164 e. The molecule has 3 heterocycles.